The van der Waals surface area contributed by atoms with Crippen LogP contribution in [0.4, 0.5) is 4.79 Å². The van der Waals surface area contributed by atoms with Gasteiger partial charge in [0.1, 0.15) is 0 Å². The van der Waals surface area contributed by atoms with E-state index in [0.717, 1.165) is 0 Å². The van der Waals surface area contributed by atoms with E-state index >= 15 is 0 Å². The fourth-order valence-corrected chi connectivity index (χ4v) is 0. The number of rotatable bonds is 0. The molecule has 0 aromatic heterocycles. The Morgan fingerprint density at radius 1 is 1.33 bits per heavy atom. The third-order valence-electron chi connectivity index (χ3n) is 0. The van der Waals surface area contributed by atoms with E-state index in [2.05, 4.69) is 0 Å². The summed E-state index contributed by atoms with van der Waals surface area (Å²) < 4.78 is 8.36. The average Bonchev–Trinajstić information content (AvgIpc) is 1.41. The van der Waals surface area contributed by atoms with Crippen LogP contribution in [0.2, 0.25) is 0 Å². The molecule has 6 heavy (non-hydrogen) atoms. The maximum atomic E-state index is 8.56. The molecule has 0 saturated heterocycles. The molecular weight excluding hydrogens is 285 g/mol. The van der Waals surface area contributed by atoms with Crippen molar-refractivity contribution in [2.75, 3.05) is 0 Å². The fourth-order valence-electron chi connectivity index (χ4n) is 0. The van der Waals surface area contributed by atoms with Crippen molar-refractivity contribution in [2.45, 2.75) is 0 Å². The van der Waals surface area contributed by atoms with Gasteiger partial charge in [0, 0.05) is 0 Å². The van der Waals surface area contributed by atoms with Crippen LogP contribution in [-0.4, -0.2) is 41.1 Å². The molecule has 0 unspecified atom stereocenters. The second kappa shape index (κ2) is 8.88. The van der Waals surface area contributed by atoms with E-state index in [4.69, 9.17) is 17.8 Å². The Morgan fingerprint density at radius 3 is 1.33 bits per heavy atom. The van der Waals surface area contributed by atoms with E-state index < -0.39 is 6.16 Å². The van der Waals surface area contributed by atoms with E-state index in [0.29, 0.717) is 0 Å². The summed E-state index contributed by atoms with van der Waals surface area (Å²) in [6, 6.07) is 0. The van der Waals surface area contributed by atoms with Gasteiger partial charge in [-0.2, -0.15) is 0 Å². The van der Waals surface area contributed by atoms with E-state index in [9.17, 15) is 0 Å². The summed E-state index contributed by atoms with van der Waals surface area (Å²) in [5.41, 5.74) is 0. The Labute approximate surface area is 49.1 Å². The first kappa shape index (κ1) is 9.35. The third-order valence-corrected chi connectivity index (χ3v) is 0. The zero-order valence-corrected chi connectivity index (χ0v) is 6.14. The molecule has 0 saturated carbocycles. The van der Waals surface area contributed by atoms with Crippen LogP contribution in [0.5, 0.6) is 0 Å². The number of hydrogen-bond acceptors (Lipinski definition) is 2. The molecule has 0 fully saturated rings. The molecule has 0 aliphatic rings. The fraction of sp³-hybridized carbons (Fsp3) is 0. The molecule has 0 amide bonds. The summed E-state index contributed by atoms with van der Waals surface area (Å²) in [7, 11) is 0. The van der Waals surface area contributed by atoms with E-state index in [1.54, 1.807) is 0 Å². The van der Waals surface area contributed by atoms with Crippen LogP contribution in [0, 0.1) is 0 Å². The summed E-state index contributed by atoms with van der Waals surface area (Å²) >= 11 is 0.194. The van der Waals surface area contributed by atoms with Crippen LogP contribution in [0.25, 0.3) is 0 Å². The van der Waals surface area contributed by atoms with Crippen molar-refractivity contribution in [2.24, 2.45) is 0 Å². The van der Waals surface area contributed by atoms with Crippen molar-refractivity contribution < 1.29 is 17.8 Å². The van der Waals surface area contributed by atoms with Crippen LogP contribution in [0.3, 0.4) is 0 Å². The summed E-state index contributed by atoms with van der Waals surface area (Å²) in [5, 5.41) is 13.9. The van der Waals surface area contributed by atoms with Gasteiger partial charge in [0.15, 0.2) is 0 Å². The van der Waals surface area contributed by atoms with Gasteiger partial charge in [-0.05, 0) is 0 Å². The van der Waals surface area contributed by atoms with Crippen LogP contribution in [0.1, 0.15) is 0 Å². The molecule has 0 aromatic carbocycles. The van der Waals surface area contributed by atoms with Crippen molar-refractivity contribution in [1.29, 1.82) is 0 Å². The van der Waals surface area contributed by atoms with Gasteiger partial charge in [0.25, 0.3) is 0 Å². The first-order valence-electron chi connectivity index (χ1n) is 0.834. The molecule has 0 rings (SSSR count). The summed E-state index contributed by atoms with van der Waals surface area (Å²) in [5.74, 6) is 0. The van der Waals surface area contributed by atoms with Gasteiger partial charge in [-0.1, -0.05) is 0 Å². The zero-order valence-electron chi connectivity index (χ0n) is 2.66. The molecule has 0 aliphatic carbocycles. The predicted octanol–water partition coefficient (Wildman–Crippen LogP) is -0.277. The van der Waals surface area contributed by atoms with Crippen molar-refractivity contribution in [3.8, 4) is 0 Å². The number of carboxylic acid groups (broad SMARTS) is 2. The van der Waals surface area contributed by atoms with Gasteiger partial charge in [0.05, 0.1) is 0 Å². The van der Waals surface area contributed by atoms with E-state index in [1.165, 1.54) is 0 Å². The molecule has 0 spiro atoms. The minimum atomic E-state index is -1.83. The van der Waals surface area contributed by atoms with E-state index in [-0.39, 0.29) is 24.7 Å². The molecule has 5 heteroatoms. The van der Waals surface area contributed by atoms with Gasteiger partial charge in [-0.3, -0.25) is 0 Å². The number of hydrogen-bond donors (Lipinski definition) is 2. The first-order valence-corrected chi connectivity index (χ1v) is 2.25. The van der Waals surface area contributed by atoms with Crippen molar-refractivity contribution in [3.63, 3.8) is 0 Å². The summed E-state index contributed by atoms with van der Waals surface area (Å²) in [6.07, 6.45) is -1.83. The van der Waals surface area contributed by atoms with Crippen molar-refractivity contribution in [1.82, 2.24) is 0 Å². The monoisotopic (exact) mass is 287 g/mol. The van der Waals surface area contributed by atoms with Gasteiger partial charge >= 0.3 is 33.7 Å². The second-order valence-electron chi connectivity index (χ2n) is 0.283. The van der Waals surface area contributed by atoms with Crippen LogP contribution in [-0.2, 0) is 2.81 Å². The molecule has 4 nitrogen and oxygen atoms in total. The molecule has 35 valence electrons. The number of carbonyl (C=O) groups is 1. The second-order valence-corrected chi connectivity index (χ2v) is 0.283. The van der Waals surface area contributed by atoms with Crippen LogP contribution in [0.15, 0.2) is 0 Å². The molecule has 0 aromatic rings. The Morgan fingerprint density at radius 2 is 1.33 bits per heavy atom. The molecule has 0 atom stereocenters. The van der Waals surface area contributed by atoms with Crippen molar-refractivity contribution >= 4 is 30.9 Å². The topological polar surface area (TPSA) is 74.6 Å². The van der Waals surface area contributed by atoms with Gasteiger partial charge in [0.2, 0.25) is 0 Å². The molecule has 2 N–H and O–H groups in total. The quantitative estimate of drug-likeness (QED) is 0.601. The molecule has 0 heterocycles. The van der Waals surface area contributed by atoms with Gasteiger partial charge < -0.3 is 10.2 Å². The normalized spacial score (nSPS) is 4.67. The van der Waals surface area contributed by atoms with Gasteiger partial charge in [-0.15, -0.1) is 0 Å². The third kappa shape index (κ3) is 15700. The Hall–Kier alpha value is -0.0469. The average molecular weight is 287 g/mol. The molecule has 0 bridgehead atoms. The first-order chi connectivity index (χ1) is 2.73. The van der Waals surface area contributed by atoms with Crippen LogP contribution < -0.4 is 0 Å². The maximum absolute atomic E-state index is 8.56. The molecular formula is CH2BiO4. The Balaban J connectivity index is 0. The summed E-state index contributed by atoms with van der Waals surface area (Å²) in [6.45, 7) is 0. The minimum absolute atomic E-state index is 0.194. The van der Waals surface area contributed by atoms with Crippen molar-refractivity contribution in [3.05, 3.63) is 0 Å². The molecule has 0 aliphatic heterocycles. The van der Waals surface area contributed by atoms with Crippen LogP contribution >= 0.6 is 0 Å². The Bertz CT molecular complexity index is 38.8. The van der Waals surface area contributed by atoms with Gasteiger partial charge in [-0.25, -0.2) is 4.79 Å². The molecule has 1 radical (unpaired) electrons. The zero-order chi connectivity index (χ0) is 5.58. The van der Waals surface area contributed by atoms with E-state index in [1.807, 2.05) is 0 Å². The SMILES string of the molecule is O=C(O)O.[O]=[Bi]. The summed E-state index contributed by atoms with van der Waals surface area (Å²) in [4.78, 5) is 8.56. The predicted molar refractivity (Wildman–Crippen MR) is 17.1 cm³/mol. The standard InChI is InChI=1S/CH2O3.Bi.O/c2-1(3)4;;/h(H2,2,3,4);;. The Kier molecular flexibility index (Phi) is 13.8.